The Morgan fingerprint density at radius 3 is 2.53 bits per heavy atom. The van der Waals surface area contributed by atoms with Gasteiger partial charge in [0.1, 0.15) is 0 Å². The van der Waals surface area contributed by atoms with Gasteiger partial charge in [0.15, 0.2) is 0 Å². The fourth-order valence-electron chi connectivity index (χ4n) is 1.94. The van der Waals surface area contributed by atoms with E-state index in [0.29, 0.717) is 0 Å². The smallest absolute Gasteiger partial charge is 0.0752 e. The molecule has 90 valence electrons. The number of nitrogens with zero attached hydrogens (tertiary/aromatic N) is 1. The molecule has 2 heteroatoms. The average molecular weight is 248 g/mol. The largest absolute Gasteiger partial charge is 0.252 e. The molecule has 0 fully saturated rings. The van der Waals surface area contributed by atoms with Crippen LogP contribution in [-0.4, -0.2) is 4.98 Å². The van der Waals surface area contributed by atoms with Crippen molar-refractivity contribution >= 4 is 22.5 Å². The van der Waals surface area contributed by atoms with Crippen LogP contribution in [0.15, 0.2) is 24.3 Å². The first-order valence-corrected chi connectivity index (χ1v) is 6.40. The number of aromatic nitrogens is 1. The molecule has 0 aliphatic carbocycles. The van der Waals surface area contributed by atoms with E-state index in [1.54, 1.807) is 0 Å². The summed E-state index contributed by atoms with van der Waals surface area (Å²) < 4.78 is 0. The number of aryl methyl sites for hydroxylation is 1. The topological polar surface area (TPSA) is 12.9 Å². The van der Waals surface area contributed by atoms with Gasteiger partial charge in [0.25, 0.3) is 0 Å². The van der Waals surface area contributed by atoms with E-state index >= 15 is 0 Å². The van der Waals surface area contributed by atoms with Crippen LogP contribution >= 0.6 is 11.6 Å². The van der Waals surface area contributed by atoms with E-state index in [2.05, 4.69) is 33.8 Å². The summed E-state index contributed by atoms with van der Waals surface area (Å²) in [7, 11) is 0. The minimum Gasteiger partial charge on any atom is -0.252 e. The van der Waals surface area contributed by atoms with Gasteiger partial charge in [-0.15, -0.1) is 0 Å². The molecule has 0 N–H and O–H groups in total. The molecule has 0 radical (unpaired) electrons. The highest BCUT2D eigenvalue weighted by Crippen LogP contribution is 2.30. The number of halogens is 1. The van der Waals surface area contributed by atoms with E-state index in [4.69, 9.17) is 16.6 Å². The first-order valence-electron chi connectivity index (χ1n) is 6.02. The van der Waals surface area contributed by atoms with Gasteiger partial charge < -0.3 is 0 Å². The normalized spacial score (nSPS) is 12.1. The number of rotatable bonds is 1. The van der Waals surface area contributed by atoms with Crippen LogP contribution in [0.3, 0.4) is 0 Å². The van der Waals surface area contributed by atoms with Crippen LogP contribution in [0.5, 0.6) is 0 Å². The van der Waals surface area contributed by atoms with Crippen molar-refractivity contribution in [2.45, 2.75) is 39.5 Å². The Bertz CT molecular complexity index is 553. The summed E-state index contributed by atoms with van der Waals surface area (Å²) >= 11 is 6.36. The van der Waals surface area contributed by atoms with E-state index < -0.39 is 0 Å². The van der Waals surface area contributed by atoms with Gasteiger partial charge in [-0.05, 0) is 18.1 Å². The maximum absolute atomic E-state index is 6.36. The third-order valence-corrected chi connectivity index (χ3v) is 3.33. The molecule has 0 bridgehead atoms. The third kappa shape index (κ3) is 2.30. The van der Waals surface area contributed by atoms with Crippen LogP contribution in [0.4, 0.5) is 0 Å². The zero-order chi connectivity index (χ0) is 12.6. The van der Waals surface area contributed by atoms with E-state index in [0.717, 1.165) is 28.0 Å². The summed E-state index contributed by atoms with van der Waals surface area (Å²) in [4.78, 5) is 4.79. The molecule has 1 nitrogen and oxygen atoms in total. The predicted octanol–water partition coefficient (Wildman–Crippen LogP) is 4.75. The van der Waals surface area contributed by atoms with Crippen LogP contribution in [0, 0.1) is 0 Å². The molecule has 0 saturated carbocycles. The first-order chi connectivity index (χ1) is 7.93. The summed E-state index contributed by atoms with van der Waals surface area (Å²) in [5.74, 6) is 0. The van der Waals surface area contributed by atoms with Crippen molar-refractivity contribution in [3.8, 4) is 0 Å². The summed E-state index contributed by atoms with van der Waals surface area (Å²) in [5.41, 5.74) is 3.39. The Hall–Kier alpha value is -1.08. The van der Waals surface area contributed by atoms with Crippen LogP contribution < -0.4 is 0 Å². The van der Waals surface area contributed by atoms with E-state index in [1.165, 1.54) is 5.56 Å². The summed E-state index contributed by atoms with van der Waals surface area (Å²) in [5, 5.41) is 1.86. The second-order valence-electron chi connectivity index (χ2n) is 5.41. The van der Waals surface area contributed by atoms with Crippen molar-refractivity contribution in [2.24, 2.45) is 0 Å². The lowest BCUT2D eigenvalue weighted by molar-refractivity contribution is 0.571. The highest BCUT2D eigenvalue weighted by molar-refractivity contribution is 6.35. The van der Waals surface area contributed by atoms with Crippen LogP contribution in [0.2, 0.25) is 5.02 Å². The van der Waals surface area contributed by atoms with Crippen molar-refractivity contribution in [1.29, 1.82) is 0 Å². The van der Waals surface area contributed by atoms with Crippen LogP contribution in [-0.2, 0) is 11.8 Å². The zero-order valence-corrected chi connectivity index (χ0v) is 11.6. The first kappa shape index (κ1) is 12.4. The molecule has 1 aromatic carbocycles. The molecule has 0 amide bonds. The molecule has 2 aromatic rings. The fourth-order valence-corrected chi connectivity index (χ4v) is 2.19. The van der Waals surface area contributed by atoms with E-state index in [-0.39, 0.29) is 5.41 Å². The lowest BCUT2D eigenvalue weighted by Gasteiger charge is -2.19. The molecule has 1 aromatic heterocycles. The molecular weight excluding hydrogens is 230 g/mol. The molecule has 0 atom stereocenters. The molecule has 2 rings (SSSR count). The standard InChI is InChI=1S/C15H18ClN/c1-5-10-7-6-8-11-12(16)9-13(15(2,3)4)17-14(10)11/h6-9H,5H2,1-4H3. The molecule has 0 spiro atoms. The Balaban J connectivity index is 2.79. The Morgan fingerprint density at radius 1 is 1.24 bits per heavy atom. The third-order valence-electron chi connectivity index (χ3n) is 3.02. The van der Waals surface area contributed by atoms with Crippen LogP contribution in [0.1, 0.15) is 39.0 Å². The number of pyridine rings is 1. The average Bonchev–Trinajstić information content (AvgIpc) is 2.27. The van der Waals surface area contributed by atoms with Crippen molar-refractivity contribution in [3.05, 3.63) is 40.5 Å². The molecule has 0 unspecified atom stereocenters. The zero-order valence-electron chi connectivity index (χ0n) is 10.8. The van der Waals surface area contributed by atoms with Gasteiger partial charge in [0.05, 0.1) is 10.5 Å². The highest BCUT2D eigenvalue weighted by Gasteiger charge is 2.18. The molecule has 1 heterocycles. The van der Waals surface area contributed by atoms with Gasteiger partial charge in [-0.1, -0.05) is 57.5 Å². The minimum absolute atomic E-state index is 0.0265. The molecule has 0 aliphatic heterocycles. The molecule has 0 aliphatic rings. The monoisotopic (exact) mass is 247 g/mol. The van der Waals surface area contributed by atoms with Crippen molar-refractivity contribution < 1.29 is 0 Å². The molecule has 17 heavy (non-hydrogen) atoms. The maximum atomic E-state index is 6.36. The Labute approximate surface area is 108 Å². The van der Waals surface area contributed by atoms with Gasteiger partial charge in [-0.25, -0.2) is 0 Å². The van der Waals surface area contributed by atoms with Crippen LogP contribution in [0.25, 0.3) is 10.9 Å². The lowest BCUT2D eigenvalue weighted by atomic mass is 9.91. The van der Waals surface area contributed by atoms with Gasteiger partial charge in [-0.3, -0.25) is 4.98 Å². The second-order valence-corrected chi connectivity index (χ2v) is 5.81. The van der Waals surface area contributed by atoms with Crippen molar-refractivity contribution in [3.63, 3.8) is 0 Å². The Kier molecular flexibility index (Phi) is 3.13. The summed E-state index contributed by atoms with van der Waals surface area (Å²) in [6.45, 7) is 8.62. The van der Waals surface area contributed by atoms with Gasteiger partial charge >= 0.3 is 0 Å². The number of hydrogen-bond donors (Lipinski definition) is 0. The SMILES string of the molecule is CCc1cccc2c(Cl)cc(C(C)(C)C)nc12. The van der Waals surface area contributed by atoms with E-state index in [1.807, 2.05) is 18.2 Å². The van der Waals surface area contributed by atoms with Gasteiger partial charge in [0.2, 0.25) is 0 Å². The number of benzene rings is 1. The van der Waals surface area contributed by atoms with E-state index in [9.17, 15) is 0 Å². The molecule has 0 saturated heterocycles. The number of para-hydroxylation sites is 1. The number of hydrogen-bond acceptors (Lipinski definition) is 1. The predicted molar refractivity (Wildman–Crippen MR) is 74.8 cm³/mol. The summed E-state index contributed by atoms with van der Waals surface area (Å²) in [6.07, 6.45) is 0.980. The van der Waals surface area contributed by atoms with Crippen molar-refractivity contribution in [1.82, 2.24) is 4.98 Å². The second kappa shape index (κ2) is 4.30. The Morgan fingerprint density at radius 2 is 1.94 bits per heavy atom. The maximum Gasteiger partial charge on any atom is 0.0752 e. The lowest BCUT2D eigenvalue weighted by Crippen LogP contribution is -2.13. The highest BCUT2D eigenvalue weighted by atomic mass is 35.5. The number of fused-ring (bicyclic) bond motifs is 1. The minimum atomic E-state index is 0.0265. The molecular formula is C15H18ClN. The fraction of sp³-hybridized carbons (Fsp3) is 0.400. The van der Waals surface area contributed by atoms with Crippen molar-refractivity contribution in [2.75, 3.05) is 0 Å². The van der Waals surface area contributed by atoms with Gasteiger partial charge in [-0.2, -0.15) is 0 Å². The quantitative estimate of drug-likeness (QED) is 0.709. The summed E-state index contributed by atoms with van der Waals surface area (Å²) in [6, 6.07) is 8.20. The van der Waals surface area contributed by atoms with Gasteiger partial charge in [0, 0.05) is 16.5 Å².